The molecule has 19 heavy (non-hydrogen) atoms. The summed E-state index contributed by atoms with van der Waals surface area (Å²) in [5.74, 6) is 0.266. The van der Waals surface area contributed by atoms with Gasteiger partial charge < -0.3 is 5.11 Å². The first kappa shape index (κ1) is 16.5. The Kier molecular flexibility index (Phi) is 6.32. The van der Waals surface area contributed by atoms with Crippen LogP contribution in [-0.2, 0) is 0 Å². The zero-order valence-electron chi connectivity index (χ0n) is 13.3. The minimum absolute atomic E-state index is 0.0514. The van der Waals surface area contributed by atoms with E-state index in [4.69, 9.17) is 0 Å². The molecule has 0 unspecified atom stereocenters. The topological polar surface area (TPSA) is 20.2 Å². The normalized spacial score (nSPS) is 24.2. The zero-order valence-corrected chi connectivity index (χ0v) is 13.3. The lowest BCUT2D eigenvalue weighted by atomic mass is 9.79. The van der Waals surface area contributed by atoms with Crippen molar-refractivity contribution in [2.45, 2.75) is 78.7 Å². The lowest BCUT2D eigenvalue weighted by Crippen LogP contribution is -2.33. The maximum atomic E-state index is 10.4. The summed E-state index contributed by atoms with van der Waals surface area (Å²) in [6, 6.07) is 0. The molecule has 0 aromatic rings. The molecule has 1 aliphatic rings. The molecule has 1 heteroatoms. The molecule has 1 fully saturated rings. The fourth-order valence-corrected chi connectivity index (χ4v) is 2.92. The summed E-state index contributed by atoms with van der Waals surface area (Å²) in [7, 11) is 0. The van der Waals surface area contributed by atoms with Gasteiger partial charge in [0.15, 0.2) is 0 Å². The van der Waals surface area contributed by atoms with Crippen molar-refractivity contribution in [3.05, 3.63) is 23.8 Å². The van der Waals surface area contributed by atoms with Gasteiger partial charge in [0.25, 0.3) is 0 Å². The van der Waals surface area contributed by atoms with Gasteiger partial charge in [-0.25, -0.2) is 0 Å². The minimum atomic E-state index is -0.272. The third-order valence-electron chi connectivity index (χ3n) is 4.30. The maximum Gasteiger partial charge on any atom is 0.0656 e. The SMILES string of the molecule is C=C1/C(=C/CCCCCC)CC[C@H]1[C@H](O)C(C)(C)C. The minimum Gasteiger partial charge on any atom is -0.392 e. The molecule has 1 saturated carbocycles. The van der Waals surface area contributed by atoms with Crippen molar-refractivity contribution in [3.8, 4) is 0 Å². The van der Waals surface area contributed by atoms with Crippen LogP contribution in [0, 0.1) is 11.3 Å². The Morgan fingerprint density at radius 2 is 2.00 bits per heavy atom. The van der Waals surface area contributed by atoms with Gasteiger partial charge in [-0.2, -0.15) is 0 Å². The highest BCUT2D eigenvalue weighted by atomic mass is 16.3. The Balaban J connectivity index is 2.49. The summed E-state index contributed by atoms with van der Waals surface area (Å²) in [5.41, 5.74) is 2.55. The highest BCUT2D eigenvalue weighted by Gasteiger charge is 2.36. The van der Waals surface area contributed by atoms with Crippen molar-refractivity contribution < 1.29 is 5.11 Å². The van der Waals surface area contributed by atoms with Crippen LogP contribution in [-0.4, -0.2) is 11.2 Å². The van der Waals surface area contributed by atoms with Crippen molar-refractivity contribution in [1.82, 2.24) is 0 Å². The highest BCUT2D eigenvalue weighted by molar-refractivity contribution is 5.36. The third-order valence-corrected chi connectivity index (χ3v) is 4.30. The Morgan fingerprint density at radius 3 is 2.58 bits per heavy atom. The molecular formula is C18H32O. The first-order valence-electron chi connectivity index (χ1n) is 7.94. The molecule has 0 radical (unpaired) electrons. The Bertz CT molecular complexity index is 319. The summed E-state index contributed by atoms with van der Waals surface area (Å²) in [4.78, 5) is 0. The van der Waals surface area contributed by atoms with Crippen molar-refractivity contribution in [2.24, 2.45) is 11.3 Å². The molecule has 1 nitrogen and oxygen atoms in total. The van der Waals surface area contributed by atoms with E-state index in [1.165, 1.54) is 43.3 Å². The van der Waals surface area contributed by atoms with Crippen molar-refractivity contribution in [1.29, 1.82) is 0 Å². The molecule has 1 aliphatic carbocycles. The van der Waals surface area contributed by atoms with E-state index >= 15 is 0 Å². The molecule has 0 saturated heterocycles. The lowest BCUT2D eigenvalue weighted by Gasteiger charge is -2.31. The van der Waals surface area contributed by atoms with E-state index in [9.17, 15) is 5.11 Å². The van der Waals surface area contributed by atoms with E-state index in [2.05, 4.69) is 40.3 Å². The second-order valence-electron chi connectivity index (χ2n) is 7.06. The van der Waals surface area contributed by atoms with Crippen molar-refractivity contribution in [2.75, 3.05) is 0 Å². The van der Waals surface area contributed by atoms with Crippen LogP contribution in [0.4, 0.5) is 0 Å². The number of hydrogen-bond donors (Lipinski definition) is 1. The number of aliphatic hydroxyl groups excluding tert-OH is 1. The average molecular weight is 264 g/mol. The van der Waals surface area contributed by atoms with Gasteiger partial charge in [0, 0.05) is 5.92 Å². The van der Waals surface area contributed by atoms with E-state index < -0.39 is 0 Å². The van der Waals surface area contributed by atoms with Gasteiger partial charge in [-0.3, -0.25) is 0 Å². The first-order valence-corrected chi connectivity index (χ1v) is 7.94. The molecular weight excluding hydrogens is 232 g/mol. The van der Waals surface area contributed by atoms with E-state index in [1.54, 1.807) is 0 Å². The summed E-state index contributed by atoms with van der Waals surface area (Å²) in [5, 5.41) is 10.4. The predicted molar refractivity (Wildman–Crippen MR) is 84.2 cm³/mol. The molecule has 0 aromatic heterocycles. The van der Waals surface area contributed by atoms with Gasteiger partial charge >= 0.3 is 0 Å². The van der Waals surface area contributed by atoms with Crippen LogP contribution in [0.15, 0.2) is 23.8 Å². The third kappa shape index (κ3) is 4.80. The predicted octanol–water partition coefficient (Wildman–Crippen LogP) is 5.26. The Morgan fingerprint density at radius 1 is 1.32 bits per heavy atom. The molecule has 0 heterocycles. The van der Waals surface area contributed by atoms with Crippen molar-refractivity contribution in [3.63, 3.8) is 0 Å². The van der Waals surface area contributed by atoms with Gasteiger partial charge in [0.2, 0.25) is 0 Å². The van der Waals surface area contributed by atoms with Crippen LogP contribution in [0.3, 0.4) is 0 Å². The fraction of sp³-hybridized carbons (Fsp3) is 0.778. The zero-order chi connectivity index (χ0) is 14.5. The van der Waals surface area contributed by atoms with Crippen LogP contribution in [0.25, 0.3) is 0 Å². The van der Waals surface area contributed by atoms with Crippen LogP contribution in [0.1, 0.15) is 72.6 Å². The number of rotatable bonds is 6. The van der Waals surface area contributed by atoms with Gasteiger partial charge in [-0.05, 0) is 42.2 Å². The number of aliphatic hydroxyl groups is 1. The van der Waals surface area contributed by atoms with Gasteiger partial charge in [0.1, 0.15) is 0 Å². The van der Waals surface area contributed by atoms with Crippen LogP contribution in [0.5, 0.6) is 0 Å². The highest BCUT2D eigenvalue weighted by Crippen LogP contribution is 2.41. The Hall–Kier alpha value is -0.560. The summed E-state index contributed by atoms with van der Waals surface area (Å²) in [6.07, 6.45) is 10.7. The fourth-order valence-electron chi connectivity index (χ4n) is 2.92. The molecule has 0 spiro atoms. The summed E-state index contributed by atoms with van der Waals surface area (Å²) in [6.45, 7) is 12.8. The van der Waals surface area contributed by atoms with E-state index in [-0.39, 0.29) is 17.4 Å². The van der Waals surface area contributed by atoms with E-state index in [0.29, 0.717) is 0 Å². The molecule has 2 atom stereocenters. The largest absolute Gasteiger partial charge is 0.392 e. The molecule has 1 rings (SSSR count). The molecule has 0 aliphatic heterocycles. The average Bonchev–Trinajstić information content (AvgIpc) is 2.68. The lowest BCUT2D eigenvalue weighted by molar-refractivity contribution is 0.0266. The summed E-state index contributed by atoms with van der Waals surface area (Å²) >= 11 is 0. The van der Waals surface area contributed by atoms with Gasteiger partial charge in [-0.15, -0.1) is 0 Å². The monoisotopic (exact) mass is 264 g/mol. The number of unbranched alkanes of at least 4 members (excludes halogenated alkanes) is 4. The molecule has 0 amide bonds. The molecule has 0 bridgehead atoms. The van der Waals surface area contributed by atoms with Gasteiger partial charge in [-0.1, -0.05) is 59.6 Å². The van der Waals surface area contributed by atoms with Crippen LogP contribution < -0.4 is 0 Å². The molecule has 1 N–H and O–H groups in total. The summed E-state index contributed by atoms with van der Waals surface area (Å²) < 4.78 is 0. The molecule has 0 aromatic carbocycles. The van der Waals surface area contributed by atoms with Gasteiger partial charge in [0.05, 0.1) is 6.10 Å². The molecule has 110 valence electrons. The quantitative estimate of drug-likeness (QED) is 0.649. The smallest absolute Gasteiger partial charge is 0.0656 e. The first-order chi connectivity index (χ1) is 8.88. The maximum absolute atomic E-state index is 10.4. The number of hydrogen-bond acceptors (Lipinski definition) is 1. The van der Waals surface area contributed by atoms with E-state index in [0.717, 1.165) is 12.8 Å². The van der Waals surface area contributed by atoms with Crippen LogP contribution in [0.2, 0.25) is 0 Å². The second-order valence-corrected chi connectivity index (χ2v) is 7.06. The number of allylic oxidation sites excluding steroid dienone is 2. The van der Waals surface area contributed by atoms with E-state index in [1.807, 2.05) is 0 Å². The Labute approximate surface area is 119 Å². The van der Waals surface area contributed by atoms with Crippen molar-refractivity contribution >= 4 is 0 Å². The standard InChI is InChI=1S/C18H32O/c1-6-7-8-9-10-11-15-12-13-16(14(15)2)17(19)18(3,4)5/h11,16-17,19H,2,6-10,12-13H2,1,3-5H3/b15-11+/t16-,17+/m1/s1. The second kappa shape index (κ2) is 7.28. The van der Waals surface area contributed by atoms with Crippen LogP contribution >= 0.6 is 0 Å².